The fourth-order valence-electron chi connectivity index (χ4n) is 1.81. The van der Waals surface area contributed by atoms with E-state index in [1.165, 1.54) is 0 Å². The molecule has 0 unspecified atom stereocenters. The van der Waals surface area contributed by atoms with Crippen LogP contribution >= 0.6 is 0 Å². The first-order valence-corrected chi connectivity index (χ1v) is 4.33. The standard InChI is InChI=1S/C10H16O2/c1-7-8(6-11)10(2,3)5-4-9(7)12/h6,9,12H,4-5H2,1-3H3/t9-/m1/s1. The molecule has 0 fully saturated rings. The highest BCUT2D eigenvalue weighted by molar-refractivity contribution is 5.77. The number of aldehydes is 1. The first-order chi connectivity index (χ1) is 5.49. The van der Waals surface area contributed by atoms with E-state index in [0.717, 1.165) is 30.3 Å². The van der Waals surface area contributed by atoms with Crippen molar-refractivity contribution < 1.29 is 9.90 Å². The predicted molar refractivity (Wildman–Crippen MR) is 47.8 cm³/mol. The van der Waals surface area contributed by atoms with Gasteiger partial charge in [-0.1, -0.05) is 13.8 Å². The molecule has 0 bridgehead atoms. The van der Waals surface area contributed by atoms with Crippen LogP contribution in [0.25, 0.3) is 0 Å². The summed E-state index contributed by atoms with van der Waals surface area (Å²) in [7, 11) is 0. The normalized spacial score (nSPS) is 28.8. The Morgan fingerprint density at radius 3 is 2.58 bits per heavy atom. The third-order valence-electron chi connectivity index (χ3n) is 2.81. The van der Waals surface area contributed by atoms with Crippen molar-refractivity contribution in [2.24, 2.45) is 5.41 Å². The second kappa shape index (κ2) is 3.02. The Labute approximate surface area is 73.3 Å². The van der Waals surface area contributed by atoms with Crippen molar-refractivity contribution in [2.45, 2.75) is 39.7 Å². The van der Waals surface area contributed by atoms with Crippen molar-refractivity contribution in [3.8, 4) is 0 Å². The molecule has 12 heavy (non-hydrogen) atoms. The quantitative estimate of drug-likeness (QED) is 0.605. The van der Waals surface area contributed by atoms with Crippen molar-refractivity contribution in [3.05, 3.63) is 11.1 Å². The molecule has 1 aliphatic rings. The predicted octanol–water partition coefficient (Wildman–Crippen LogP) is 1.68. The Bertz CT molecular complexity index is 226. The molecule has 0 amide bonds. The molecule has 68 valence electrons. The second-order valence-corrected chi connectivity index (χ2v) is 4.15. The summed E-state index contributed by atoms with van der Waals surface area (Å²) in [6.45, 7) is 5.94. The van der Waals surface area contributed by atoms with Gasteiger partial charge < -0.3 is 5.11 Å². The van der Waals surface area contributed by atoms with Crippen LogP contribution in [0.1, 0.15) is 33.6 Å². The molecule has 0 aliphatic heterocycles. The number of carbonyl (C=O) groups excluding carboxylic acids is 1. The van der Waals surface area contributed by atoms with E-state index >= 15 is 0 Å². The molecule has 0 spiro atoms. The Morgan fingerprint density at radius 2 is 2.17 bits per heavy atom. The van der Waals surface area contributed by atoms with E-state index in [4.69, 9.17) is 0 Å². The van der Waals surface area contributed by atoms with Gasteiger partial charge in [0, 0.05) is 0 Å². The van der Waals surface area contributed by atoms with E-state index in [2.05, 4.69) is 0 Å². The van der Waals surface area contributed by atoms with Gasteiger partial charge in [0.05, 0.1) is 6.10 Å². The van der Waals surface area contributed by atoms with Crippen LogP contribution in [-0.2, 0) is 4.79 Å². The first kappa shape index (κ1) is 9.46. The van der Waals surface area contributed by atoms with Gasteiger partial charge in [-0.2, -0.15) is 0 Å². The summed E-state index contributed by atoms with van der Waals surface area (Å²) < 4.78 is 0. The number of rotatable bonds is 1. The molecule has 0 saturated heterocycles. The zero-order valence-electron chi connectivity index (χ0n) is 7.92. The molecular weight excluding hydrogens is 152 g/mol. The van der Waals surface area contributed by atoms with E-state index < -0.39 is 6.10 Å². The summed E-state index contributed by atoms with van der Waals surface area (Å²) in [5, 5.41) is 9.49. The summed E-state index contributed by atoms with van der Waals surface area (Å²) in [5.74, 6) is 0. The summed E-state index contributed by atoms with van der Waals surface area (Å²) in [5.41, 5.74) is 1.58. The summed E-state index contributed by atoms with van der Waals surface area (Å²) in [6.07, 6.45) is 2.14. The Hall–Kier alpha value is -0.630. The zero-order chi connectivity index (χ0) is 9.35. The van der Waals surface area contributed by atoms with Crippen LogP contribution < -0.4 is 0 Å². The van der Waals surface area contributed by atoms with Gasteiger partial charge in [-0.3, -0.25) is 4.79 Å². The van der Waals surface area contributed by atoms with Crippen LogP contribution in [0.2, 0.25) is 0 Å². The summed E-state index contributed by atoms with van der Waals surface area (Å²) in [4.78, 5) is 10.8. The lowest BCUT2D eigenvalue weighted by Crippen LogP contribution is -2.28. The van der Waals surface area contributed by atoms with Crippen LogP contribution in [0.4, 0.5) is 0 Å². The lowest BCUT2D eigenvalue weighted by molar-refractivity contribution is -0.106. The maximum absolute atomic E-state index is 10.8. The van der Waals surface area contributed by atoms with Crippen LogP contribution in [0.5, 0.6) is 0 Å². The Balaban J connectivity index is 3.09. The maximum Gasteiger partial charge on any atom is 0.146 e. The smallest absolute Gasteiger partial charge is 0.146 e. The lowest BCUT2D eigenvalue weighted by Gasteiger charge is -2.33. The molecule has 1 rings (SSSR count). The minimum atomic E-state index is -0.404. The van der Waals surface area contributed by atoms with Gasteiger partial charge >= 0.3 is 0 Å². The number of hydrogen-bond acceptors (Lipinski definition) is 2. The number of hydrogen-bond donors (Lipinski definition) is 1. The monoisotopic (exact) mass is 168 g/mol. The maximum atomic E-state index is 10.8. The van der Waals surface area contributed by atoms with Crippen molar-refractivity contribution in [1.82, 2.24) is 0 Å². The first-order valence-electron chi connectivity index (χ1n) is 4.33. The highest BCUT2D eigenvalue weighted by atomic mass is 16.3. The molecule has 0 radical (unpaired) electrons. The largest absolute Gasteiger partial charge is 0.389 e. The molecule has 0 saturated carbocycles. The van der Waals surface area contributed by atoms with Crippen LogP contribution in [0, 0.1) is 5.41 Å². The van der Waals surface area contributed by atoms with Crippen LogP contribution in [0.15, 0.2) is 11.1 Å². The highest BCUT2D eigenvalue weighted by Crippen LogP contribution is 2.38. The van der Waals surface area contributed by atoms with Crippen molar-refractivity contribution in [3.63, 3.8) is 0 Å². The van der Waals surface area contributed by atoms with Crippen molar-refractivity contribution in [2.75, 3.05) is 0 Å². The van der Waals surface area contributed by atoms with Gasteiger partial charge in [0.1, 0.15) is 6.29 Å². The number of allylic oxidation sites excluding steroid dienone is 1. The van der Waals surface area contributed by atoms with E-state index in [1.807, 2.05) is 20.8 Å². The molecule has 0 aromatic rings. The minimum Gasteiger partial charge on any atom is -0.389 e. The van der Waals surface area contributed by atoms with Gasteiger partial charge in [0.15, 0.2) is 0 Å². The Morgan fingerprint density at radius 1 is 1.58 bits per heavy atom. The second-order valence-electron chi connectivity index (χ2n) is 4.15. The SMILES string of the molecule is CC1=C(C=O)C(C)(C)CC[C@H]1O. The number of carbonyl (C=O) groups is 1. The topological polar surface area (TPSA) is 37.3 Å². The molecule has 0 heterocycles. The zero-order valence-corrected chi connectivity index (χ0v) is 7.92. The van der Waals surface area contributed by atoms with E-state index in [1.54, 1.807) is 0 Å². The summed E-state index contributed by atoms with van der Waals surface area (Å²) in [6, 6.07) is 0. The van der Waals surface area contributed by atoms with E-state index in [-0.39, 0.29) is 5.41 Å². The molecule has 1 atom stereocenters. The average Bonchev–Trinajstić information content (AvgIpc) is 1.99. The fourth-order valence-corrected chi connectivity index (χ4v) is 1.81. The molecular formula is C10H16O2. The van der Waals surface area contributed by atoms with Gasteiger partial charge in [0.2, 0.25) is 0 Å². The molecule has 1 aliphatic carbocycles. The van der Waals surface area contributed by atoms with Gasteiger partial charge in [-0.25, -0.2) is 0 Å². The third kappa shape index (κ3) is 1.44. The molecule has 1 N–H and O–H groups in total. The average molecular weight is 168 g/mol. The van der Waals surface area contributed by atoms with Crippen molar-refractivity contribution in [1.29, 1.82) is 0 Å². The molecule has 2 nitrogen and oxygen atoms in total. The van der Waals surface area contributed by atoms with E-state index in [9.17, 15) is 9.90 Å². The van der Waals surface area contributed by atoms with E-state index in [0.29, 0.717) is 0 Å². The lowest BCUT2D eigenvalue weighted by atomic mass is 9.72. The van der Waals surface area contributed by atoms with Gasteiger partial charge in [0.25, 0.3) is 0 Å². The molecule has 0 aromatic carbocycles. The fraction of sp³-hybridized carbons (Fsp3) is 0.700. The number of aliphatic hydroxyl groups excluding tert-OH is 1. The number of aliphatic hydroxyl groups is 1. The third-order valence-corrected chi connectivity index (χ3v) is 2.81. The molecule has 2 heteroatoms. The Kier molecular flexibility index (Phi) is 2.38. The van der Waals surface area contributed by atoms with Crippen LogP contribution in [0.3, 0.4) is 0 Å². The summed E-state index contributed by atoms with van der Waals surface area (Å²) >= 11 is 0. The van der Waals surface area contributed by atoms with Gasteiger partial charge in [-0.05, 0) is 36.3 Å². The van der Waals surface area contributed by atoms with Gasteiger partial charge in [-0.15, -0.1) is 0 Å². The molecule has 0 aromatic heterocycles. The highest BCUT2D eigenvalue weighted by Gasteiger charge is 2.31. The van der Waals surface area contributed by atoms with Crippen molar-refractivity contribution >= 4 is 6.29 Å². The minimum absolute atomic E-state index is 0.0505. The van der Waals surface area contributed by atoms with Crippen LogP contribution in [-0.4, -0.2) is 17.5 Å².